The quantitative estimate of drug-likeness (QED) is 0.900. The Bertz CT molecular complexity index is 519. The summed E-state index contributed by atoms with van der Waals surface area (Å²) in [5.41, 5.74) is 1.88. The zero-order valence-corrected chi connectivity index (χ0v) is 11.4. The molecule has 0 amide bonds. The zero-order chi connectivity index (χ0) is 12.4. The first-order valence-electron chi connectivity index (χ1n) is 5.69. The Kier molecular flexibility index (Phi) is 3.43. The minimum absolute atomic E-state index is 0.267. The van der Waals surface area contributed by atoms with Crippen molar-refractivity contribution in [3.05, 3.63) is 39.5 Å². The summed E-state index contributed by atoms with van der Waals surface area (Å²) < 4.78 is 0. The Hall–Kier alpha value is -1.42. The number of hydrogen-bond donors (Lipinski definition) is 1. The molecule has 0 radical (unpaired) electrons. The van der Waals surface area contributed by atoms with Gasteiger partial charge in [-0.1, -0.05) is 0 Å². The van der Waals surface area contributed by atoms with Gasteiger partial charge in [0.15, 0.2) is 0 Å². The molecule has 2 aromatic rings. The van der Waals surface area contributed by atoms with E-state index >= 15 is 0 Å². The van der Waals surface area contributed by atoms with Crippen molar-refractivity contribution < 1.29 is 0 Å². The molecule has 17 heavy (non-hydrogen) atoms. The SMILES string of the molecule is Cc1cnc(C)c(NC(C)c2ccc(C)s2)n1. The van der Waals surface area contributed by atoms with Crippen molar-refractivity contribution in [3.63, 3.8) is 0 Å². The summed E-state index contributed by atoms with van der Waals surface area (Å²) in [6.45, 7) is 8.20. The van der Waals surface area contributed by atoms with Gasteiger partial charge < -0.3 is 5.32 Å². The van der Waals surface area contributed by atoms with Gasteiger partial charge in [-0.2, -0.15) is 0 Å². The molecule has 0 fully saturated rings. The van der Waals surface area contributed by atoms with Crippen molar-refractivity contribution in [1.29, 1.82) is 0 Å². The fourth-order valence-electron chi connectivity index (χ4n) is 1.64. The molecule has 90 valence electrons. The number of aryl methyl sites for hydroxylation is 3. The second kappa shape index (κ2) is 4.84. The van der Waals surface area contributed by atoms with Gasteiger partial charge in [0.25, 0.3) is 0 Å². The van der Waals surface area contributed by atoms with Crippen LogP contribution in [0.1, 0.15) is 34.1 Å². The van der Waals surface area contributed by atoms with Gasteiger partial charge in [-0.05, 0) is 39.8 Å². The maximum atomic E-state index is 4.48. The summed E-state index contributed by atoms with van der Waals surface area (Å²) in [5, 5.41) is 3.42. The second-order valence-electron chi connectivity index (χ2n) is 4.26. The molecule has 1 N–H and O–H groups in total. The third-order valence-electron chi connectivity index (χ3n) is 2.62. The summed E-state index contributed by atoms with van der Waals surface area (Å²) in [4.78, 5) is 11.4. The van der Waals surface area contributed by atoms with Gasteiger partial charge in [-0.3, -0.25) is 4.98 Å². The van der Waals surface area contributed by atoms with Crippen molar-refractivity contribution >= 4 is 17.2 Å². The lowest BCUT2D eigenvalue weighted by molar-refractivity contribution is 0.881. The maximum absolute atomic E-state index is 4.48. The predicted molar refractivity (Wildman–Crippen MR) is 72.6 cm³/mol. The lowest BCUT2D eigenvalue weighted by Gasteiger charge is -2.14. The highest BCUT2D eigenvalue weighted by molar-refractivity contribution is 7.12. The zero-order valence-electron chi connectivity index (χ0n) is 10.6. The van der Waals surface area contributed by atoms with Crippen LogP contribution in [0.3, 0.4) is 0 Å². The molecule has 4 heteroatoms. The highest BCUT2D eigenvalue weighted by atomic mass is 32.1. The fraction of sp³-hybridized carbons (Fsp3) is 0.385. The van der Waals surface area contributed by atoms with E-state index in [1.807, 2.05) is 25.2 Å². The van der Waals surface area contributed by atoms with Crippen molar-refractivity contribution in [2.45, 2.75) is 33.7 Å². The lowest BCUT2D eigenvalue weighted by Crippen LogP contribution is -2.09. The van der Waals surface area contributed by atoms with Crippen LogP contribution in [0.4, 0.5) is 5.82 Å². The third kappa shape index (κ3) is 2.82. The molecular weight excluding hydrogens is 230 g/mol. The van der Waals surface area contributed by atoms with Crippen LogP contribution in [0, 0.1) is 20.8 Å². The van der Waals surface area contributed by atoms with Gasteiger partial charge >= 0.3 is 0 Å². The molecule has 2 heterocycles. The molecular formula is C13H17N3S. The minimum atomic E-state index is 0.267. The molecule has 0 bridgehead atoms. The topological polar surface area (TPSA) is 37.8 Å². The van der Waals surface area contributed by atoms with Crippen molar-refractivity contribution in [3.8, 4) is 0 Å². The highest BCUT2D eigenvalue weighted by Gasteiger charge is 2.10. The smallest absolute Gasteiger partial charge is 0.148 e. The Morgan fingerprint density at radius 3 is 2.65 bits per heavy atom. The van der Waals surface area contributed by atoms with Crippen LogP contribution in [-0.4, -0.2) is 9.97 Å². The Balaban J connectivity index is 2.18. The number of nitrogens with one attached hydrogen (secondary N) is 1. The van der Waals surface area contributed by atoms with Crippen molar-refractivity contribution in [2.75, 3.05) is 5.32 Å². The van der Waals surface area contributed by atoms with Gasteiger partial charge in [-0.15, -0.1) is 11.3 Å². The standard InChI is InChI=1S/C13H17N3S/c1-8-7-14-11(4)13(15-8)16-10(3)12-6-5-9(2)17-12/h5-7,10H,1-4H3,(H,15,16). The molecule has 1 atom stereocenters. The van der Waals surface area contributed by atoms with Crippen LogP contribution in [0.5, 0.6) is 0 Å². The van der Waals surface area contributed by atoms with Gasteiger partial charge in [0.2, 0.25) is 0 Å². The maximum Gasteiger partial charge on any atom is 0.148 e. The summed E-state index contributed by atoms with van der Waals surface area (Å²) >= 11 is 1.81. The first kappa shape index (κ1) is 12.0. The molecule has 0 aromatic carbocycles. The first-order valence-corrected chi connectivity index (χ1v) is 6.51. The van der Waals surface area contributed by atoms with Gasteiger partial charge in [0.05, 0.1) is 17.4 Å². The Labute approximate surface area is 106 Å². The Morgan fingerprint density at radius 2 is 2.00 bits per heavy atom. The van der Waals surface area contributed by atoms with Crippen molar-refractivity contribution in [2.24, 2.45) is 0 Å². The van der Waals surface area contributed by atoms with Crippen molar-refractivity contribution in [1.82, 2.24) is 9.97 Å². The summed E-state index contributed by atoms with van der Waals surface area (Å²) in [6.07, 6.45) is 1.79. The van der Waals surface area contributed by atoms with E-state index in [-0.39, 0.29) is 6.04 Å². The Morgan fingerprint density at radius 1 is 1.24 bits per heavy atom. The van der Waals surface area contributed by atoms with Crippen LogP contribution >= 0.6 is 11.3 Å². The van der Waals surface area contributed by atoms with Crippen LogP contribution in [0.2, 0.25) is 0 Å². The largest absolute Gasteiger partial charge is 0.361 e. The average Bonchev–Trinajstić information content (AvgIpc) is 2.70. The van der Waals surface area contributed by atoms with E-state index < -0.39 is 0 Å². The molecule has 0 saturated heterocycles. The van der Waals surface area contributed by atoms with Gasteiger partial charge in [0, 0.05) is 16.0 Å². The number of nitrogens with zero attached hydrogens (tertiary/aromatic N) is 2. The monoisotopic (exact) mass is 247 g/mol. The van der Waals surface area contributed by atoms with E-state index in [1.54, 1.807) is 6.20 Å². The molecule has 0 spiro atoms. The highest BCUT2D eigenvalue weighted by Crippen LogP contribution is 2.25. The third-order valence-corrected chi connectivity index (χ3v) is 3.80. The minimum Gasteiger partial charge on any atom is -0.361 e. The summed E-state index contributed by atoms with van der Waals surface area (Å²) in [7, 11) is 0. The molecule has 2 rings (SSSR count). The molecule has 2 aromatic heterocycles. The fourth-order valence-corrected chi connectivity index (χ4v) is 2.52. The van der Waals surface area contributed by atoms with Gasteiger partial charge in [-0.25, -0.2) is 4.98 Å². The number of rotatable bonds is 3. The van der Waals surface area contributed by atoms with E-state index in [1.165, 1.54) is 9.75 Å². The number of anilines is 1. The molecule has 0 aliphatic heterocycles. The number of thiophene rings is 1. The van der Waals surface area contributed by atoms with E-state index in [9.17, 15) is 0 Å². The van der Waals surface area contributed by atoms with Crippen LogP contribution in [0.25, 0.3) is 0 Å². The van der Waals surface area contributed by atoms with E-state index in [0.717, 1.165) is 17.2 Å². The molecule has 1 unspecified atom stereocenters. The number of aromatic nitrogens is 2. The summed E-state index contributed by atoms with van der Waals surface area (Å²) in [6, 6.07) is 4.58. The second-order valence-corrected chi connectivity index (χ2v) is 5.58. The van der Waals surface area contributed by atoms with Crippen LogP contribution in [0.15, 0.2) is 18.3 Å². The molecule has 0 aliphatic rings. The molecule has 0 saturated carbocycles. The normalized spacial score (nSPS) is 12.5. The van der Waals surface area contributed by atoms with Crippen LogP contribution in [-0.2, 0) is 0 Å². The van der Waals surface area contributed by atoms with Crippen LogP contribution < -0.4 is 5.32 Å². The van der Waals surface area contributed by atoms with E-state index in [0.29, 0.717) is 0 Å². The predicted octanol–water partition coefficient (Wildman–Crippen LogP) is 3.64. The molecule has 3 nitrogen and oxygen atoms in total. The van der Waals surface area contributed by atoms with Gasteiger partial charge in [0.1, 0.15) is 5.82 Å². The van der Waals surface area contributed by atoms with E-state index in [2.05, 4.69) is 41.3 Å². The number of hydrogen-bond acceptors (Lipinski definition) is 4. The average molecular weight is 247 g/mol. The molecule has 0 aliphatic carbocycles. The summed E-state index contributed by atoms with van der Waals surface area (Å²) in [5.74, 6) is 0.878. The first-order chi connectivity index (χ1) is 8.06. The van der Waals surface area contributed by atoms with E-state index in [4.69, 9.17) is 0 Å². The lowest BCUT2D eigenvalue weighted by atomic mass is 10.2.